The molecule has 1 amide bonds. The van der Waals surface area contributed by atoms with Crippen molar-refractivity contribution in [3.63, 3.8) is 0 Å². The predicted molar refractivity (Wildman–Crippen MR) is 128 cm³/mol. The summed E-state index contributed by atoms with van der Waals surface area (Å²) >= 11 is 2.97. The lowest BCUT2D eigenvalue weighted by molar-refractivity contribution is -0.133. The first-order chi connectivity index (χ1) is 16.1. The highest BCUT2D eigenvalue weighted by Gasteiger charge is 2.34. The minimum atomic E-state index is -0.331. The van der Waals surface area contributed by atoms with Crippen molar-refractivity contribution in [2.24, 2.45) is 5.10 Å². The first-order valence-electron chi connectivity index (χ1n) is 10.2. The Morgan fingerprint density at radius 2 is 1.97 bits per heavy atom. The smallest absolute Gasteiger partial charge is 0.263 e. The van der Waals surface area contributed by atoms with Gasteiger partial charge in [-0.3, -0.25) is 14.2 Å². The largest absolute Gasteiger partial charge is 0.493 e. The molecule has 0 saturated heterocycles. The van der Waals surface area contributed by atoms with Crippen molar-refractivity contribution in [2.45, 2.75) is 19.0 Å². The molecule has 4 heterocycles. The number of methoxy groups -OCH3 is 2. The Morgan fingerprint density at radius 3 is 2.73 bits per heavy atom. The zero-order valence-corrected chi connectivity index (χ0v) is 19.6. The van der Waals surface area contributed by atoms with Crippen LogP contribution in [0.5, 0.6) is 11.5 Å². The number of thiophene rings is 2. The van der Waals surface area contributed by atoms with Crippen molar-refractivity contribution in [1.29, 1.82) is 0 Å². The molecule has 1 aromatic carbocycles. The topological polar surface area (TPSA) is 86.0 Å². The number of rotatable bonds is 6. The molecule has 33 heavy (non-hydrogen) atoms. The van der Waals surface area contributed by atoms with E-state index in [1.165, 1.54) is 27.2 Å². The quantitative estimate of drug-likeness (QED) is 0.418. The normalized spacial score (nSPS) is 15.6. The monoisotopic (exact) mass is 480 g/mol. The van der Waals surface area contributed by atoms with Crippen molar-refractivity contribution in [3.05, 3.63) is 74.3 Å². The van der Waals surface area contributed by atoms with Crippen LogP contribution in [0, 0.1) is 0 Å². The summed E-state index contributed by atoms with van der Waals surface area (Å²) in [6.07, 6.45) is 1.98. The third-order valence-corrected chi connectivity index (χ3v) is 7.26. The van der Waals surface area contributed by atoms with Gasteiger partial charge in [0, 0.05) is 6.42 Å². The highest BCUT2D eigenvalue weighted by molar-refractivity contribution is 7.16. The molecule has 0 radical (unpaired) electrons. The van der Waals surface area contributed by atoms with Crippen molar-refractivity contribution < 1.29 is 14.3 Å². The Hall–Kier alpha value is -3.50. The number of aromatic nitrogens is 2. The van der Waals surface area contributed by atoms with Gasteiger partial charge in [0.25, 0.3) is 11.5 Å². The van der Waals surface area contributed by atoms with E-state index in [-0.39, 0.29) is 24.1 Å². The summed E-state index contributed by atoms with van der Waals surface area (Å²) in [6, 6.07) is 10.9. The van der Waals surface area contributed by atoms with Crippen molar-refractivity contribution >= 4 is 44.5 Å². The molecule has 1 aliphatic rings. The van der Waals surface area contributed by atoms with Crippen LogP contribution >= 0.6 is 22.7 Å². The minimum Gasteiger partial charge on any atom is -0.493 e. The number of hydrogen-bond donors (Lipinski definition) is 0. The molecule has 1 atom stereocenters. The molecule has 0 N–H and O–H groups in total. The number of fused-ring (bicyclic) bond motifs is 1. The maximum atomic E-state index is 13.4. The van der Waals surface area contributed by atoms with Gasteiger partial charge in [-0.05, 0) is 40.6 Å². The fraction of sp³-hybridized carbons (Fsp3) is 0.217. The maximum absolute atomic E-state index is 13.4. The number of amides is 1. The van der Waals surface area contributed by atoms with E-state index in [4.69, 9.17) is 9.47 Å². The molecule has 5 rings (SSSR count). The standard InChI is InChI=1S/C23H20N4O4S2/c1-30-18-6-5-14(10-19(18)31-2)17-11-16(20-4-3-8-32-20)25-27(17)21(28)12-26-13-24-22-15(23(26)29)7-9-33-22/h3-10,13,17H,11-12H2,1-2H3. The highest BCUT2D eigenvalue weighted by Crippen LogP contribution is 2.38. The minimum absolute atomic E-state index is 0.150. The summed E-state index contributed by atoms with van der Waals surface area (Å²) in [5.41, 5.74) is 1.46. The molecule has 10 heteroatoms. The summed E-state index contributed by atoms with van der Waals surface area (Å²) < 4.78 is 12.1. The Labute approximate surface area is 197 Å². The van der Waals surface area contributed by atoms with Crippen molar-refractivity contribution in [1.82, 2.24) is 14.6 Å². The fourth-order valence-electron chi connectivity index (χ4n) is 3.88. The van der Waals surface area contributed by atoms with E-state index < -0.39 is 0 Å². The summed E-state index contributed by atoms with van der Waals surface area (Å²) in [4.78, 5) is 32.2. The molecular formula is C23H20N4O4S2. The van der Waals surface area contributed by atoms with Gasteiger partial charge in [-0.2, -0.15) is 5.10 Å². The molecule has 4 aromatic rings. The van der Waals surface area contributed by atoms with Crippen LogP contribution in [0.25, 0.3) is 10.2 Å². The Kier molecular flexibility index (Phi) is 5.69. The van der Waals surface area contributed by atoms with Crippen molar-refractivity contribution in [3.8, 4) is 11.5 Å². The second kappa shape index (κ2) is 8.80. The van der Waals surface area contributed by atoms with E-state index in [1.54, 1.807) is 31.6 Å². The van der Waals surface area contributed by atoms with E-state index in [2.05, 4.69) is 10.1 Å². The predicted octanol–water partition coefficient (Wildman–Crippen LogP) is 3.91. The average molecular weight is 481 g/mol. The molecule has 168 valence electrons. The van der Waals surface area contributed by atoms with Crippen LogP contribution in [0.15, 0.2) is 63.4 Å². The summed E-state index contributed by atoms with van der Waals surface area (Å²) in [5.74, 6) is 0.897. The van der Waals surface area contributed by atoms with Gasteiger partial charge in [0.15, 0.2) is 11.5 Å². The van der Waals surface area contributed by atoms with Crippen molar-refractivity contribution in [2.75, 3.05) is 14.2 Å². The van der Waals surface area contributed by atoms with Crippen LogP contribution in [0.4, 0.5) is 0 Å². The second-order valence-corrected chi connectivity index (χ2v) is 9.26. The van der Waals surface area contributed by atoms with E-state index in [0.717, 1.165) is 16.2 Å². The Bertz CT molecular complexity index is 1410. The number of benzene rings is 1. The van der Waals surface area contributed by atoms with Gasteiger partial charge in [-0.1, -0.05) is 12.1 Å². The molecule has 0 fully saturated rings. The van der Waals surface area contributed by atoms with Crippen LogP contribution < -0.4 is 15.0 Å². The van der Waals surface area contributed by atoms with E-state index in [9.17, 15) is 9.59 Å². The van der Waals surface area contributed by atoms with E-state index >= 15 is 0 Å². The van der Waals surface area contributed by atoms with Gasteiger partial charge >= 0.3 is 0 Å². The molecule has 1 aliphatic heterocycles. The number of carbonyl (C=O) groups is 1. The zero-order chi connectivity index (χ0) is 22.9. The third kappa shape index (κ3) is 3.91. The molecule has 0 bridgehead atoms. The van der Waals surface area contributed by atoms with Gasteiger partial charge in [-0.15, -0.1) is 22.7 Å². The van der Waals surface area contributed by atoms with Gasteiger partial charge in [0.05, 0.1) is 42.6 Å². The third-order valence-electron chi connectivity index (χ3n) is 5.52. The van der Waals surface area contributed by atoms with Gasteiger partial charge in [-0.25, -0.2) is 9.99 Å². The van der Waals surface area contributed by atoms with Crippen LogP contribution in [0.3, 0.4) is 0 Å². The van der Waals surface area contributed by atoms with Gasteiger partial charge in [0.2, 0.25) is 0 Å². The molecule has 3 aromatic heterocycles. The number of ether oxygens (including phenoxy) is 2. The summed E-state index contributed by atoms with van der Waals surface area (Å²) in [6.45, 7) is -0.150. The summed E-state index contributed by atoms with van der Waals surface area (Å²) in [5, 5.41) is 10.4. The number of nitrogens with zero attached hydrogens (tertiary/aromatic N) is 4. The molecule has 0 spiro atoms. The summed E-state index contributed by atoms with van der Waals surface area (Å²) in [7, 11) is 3.16. The van der Waals surface area contributed by atoms with Gasteiger partial charge < -0.3 is 9.47 Å². The second-order valence-electron chi connectivity index (χ2n) is 7.41. The maximum Gasteiger partial charge on any atom is 0.263 e. The Balaban J connectivity index is 1.50. The molecular weight excluding hydrogens is 460 g/mol. The lowest BCUT2D eigenvalue weighted by atomic mass is 10.0. The van der Waals surface area contributed by atoms with E-state index in [0.29, 0.717) is 28.1 Å². The Morgan fingerprint density at radius 1 is 1.12 bits per heavy atom. The fourth-order valence-corrected chi connectivity index (χ4v) is 5.32. The zero-order valence-electron chi connectivity index (χ0n) is 17.9. The van der Waals surface area contributed by atoms with Crippen LogP contribution in [-0.2, 0) is 11.3 Å². The number of hydrazone groups is 1. The number of carbonyl (C=O) groups excluding carboxylic acids is 1. The van der Waals surface area contributed by atoms with Gasteiger partial charge in [0.1, 0.15) is 11.4 Å². The lowest BCUT2D eigenvalue weighted by Gasteiger charge is -2.23. The van der Waals surface area contributed by atoms with Crippen LogP contribution in [0.1, 0.15) is 22.9 Å². The molecule has 1 unspecified atom stereocenters. The number of hydrogen-bond acceptors (Lipinski definition) is 8. The molecule has 0 saturated carbocycles. The average Bonchev–Trinajstić information content (AvgIpc) is 3.60. The SMILES string of the molecule is COc1ccc(C2CC(c3cccs3)=NN2C(=O)Cn2cnc3sccc3c2=O)cc1OC. The van der Waals surface area contributed by atoms with E-state index in [1.807, 2.05) is 41.1 Å². The van der Waals surface area contributed by atoms with Crippen LogP contribution in [-0.4, -0.2) is 40.4 Å². The molecule has 8 nitrogen and oxygen atoms in total. The first kappa shape index (κ1) is 21.4. The molecule has 0 aliphatic carbocycles. The first-order valence-corrected chi connectivity index (χ1v) is 11.9. The lowest BCUT2D eigenvalue weighted by Crippen LogP contribution is -2.34. The highest BCUT2D eigenvalue weighted by atomic mass is 32.1. The van der Waals surface area contributed by atoms with Crippen LogP contribution in [0.2, 0.25) is 0 Å².